The zero-order valence-corrected chi connectivity index (χ0v) is 8.25. The van der Waals surface area contributed by atoms with Crippen LogP contribution in [-0.4, -0.2) is 5.11 Å². The molecule has 4 heteroatoms. The van der Waals surface area contributed by atoms with Crippen LogP contribution in [-0.2, 0) is 0 Å². The molecule has 68 valence electrons. The highest BCUT2D eigenvalue weighted by Gasteiger charge is 2.08. The smallest absolute Gasteiger partial charge is 0.137 e. The van der Waals surface area contributed by atoms with Gasteiger partial charge in [0.25, 0.3) is 0 Å². The molecule has 0 amide bonds. The Morgan fingerprint density at radius 2 is 2.31 bits per heavy atom. The van der Waals surface area contributed by atoms with Crippen LogP contribution in [0.25, 0.3) is 0 Å². The van der Waals surface area contributed by atoms with Crippen LogP contribution in [0.3, 0.4) is 0 Å². The summed E-state index contributed by atoms with van der Waals surface area (Å²) < 4.78 is 13.3. The maximum Gasteiger partial charge on any atom is 0.137 e. The predicted molar refractivity (Wildman–Crippen MR) is 49.3 cm³/mol. The molecule has 1 aromatic carbocycles. The molecule has 0 aromatic heterocycles. The molecule has 0 bridgehead atoms. The molecule has 1 rings (SSSR count). The van der Waals surface area contributed by atoms with Crippen LogP contribution in [0.5, 0.6) is 0 Å². The topological polar surface area (TPSA) is 44.0 Å². The van der Waals surface area contributed by atoms with Gasteiger partial charge in [-0.25, -0.2) is 4.39 Å². The van der Waals surface area contributed by atoms with Gasteiger partial charge in [-0.15, -0.1) is 0 Å². The molecule has 0 fully saturated rings. The van der Waals surface area contributed by atoms with Crippen LogP contribution in [0, 0.1) is 17.1 Å². The van der Waals surface area contributed by atoms with Gasteiger partial charge < -0.3 is 5.11 Å². The minimum Gasteiger partial charge on any atom is -0.387 e. The van der Waals surface area contributed by atoms with Crippen molar-refractivity contribution in [2.75, 3.05) is 0 Å². The molecule has 0 aliphatic heterocycles. The lowest BCUT2D eigenvalue weighted by Gasteiger charge is -2.06. The third-order valence-electron chi connectivity index (χ3n) is 1.61. The fourth-order valence-electron chi connectivity index (χ4n) is 0.924. The lowest BCUT2D eigenvalue weighted by Crippen LogP contribution is -1.96. The molecule has 0 saturated carbocycles. The molecular weight excluding hydrogens is 237 g/mol. The Labute approximate surface area is 83.7 Å². The van der Waals surface area contributed by atoms with Gasteiger partial charge in [0.05, 0.1) is 23.1 Å². The maximum atomic E-state index is 12.9. The first-order valence-electron chi connectivity index (χ1n) is 3.65. The fraction of sp³-hybridized carbons (Fsp3) is 0.222. The van der Waals surface area contributed by atoms with E-state index in [1.807, 2.05) is 6.07 Å². The van der Waals surface area contributed by atoms with Gasteiger partial charge in [0, 0.05) is 0 Å². The van der Waals surface area contributed by atoms with E-state index < -0.39 is 11.9 Å². The lowest BCUT2D eigenvalue weighted by atomic mass is 10.1. The van der Waals surface area contributed by atoms with E-state index in [0.29, 0.717) is 10.0 Å². The Morgan fingerprint density at radius 1 is 1.62 bits per heavy atom. The summed E-state index contributed by atoms with van der Waals surface area (Å²) in [4.78, 5) is 0. The molecule has 0 aliphatic carbocycles. The minimum atomic E-state index is -0.910. The van der Waals surface area contributed by atoms with E-state index in [9.17, 15) is 9.50 Å². The van der Waals surface area contributed by atoms with Gasteiger partial charge in [-0.3, -0.25) is 0 Å². The number of benzene rings is 1. The van der Waals surface area contributed by atoms with Crippen molar-refractivity contribution in [3.63, 3.8) is 0 Å². The molecule has 1 N–H and O–H groups in total. The van der Waals surface area contributed by atoms with Gasteiger partial charge >= 0.3 is 0 Å². The normalized spacial score (nSPS) is 12.2. The summed E-state index contributed by atoms with van der Waals surface area (Å²) in [5.74, 6) is -0.436. The number of nitriles is 1. The quantitative estimate of drug-likeness (QED) is 0.868. The third kappa shape index (κ3) is 2.51. The third-order valence-corrected chi connectivity index (χ3v) is 2.26. The van der Waals surface area contributed by atoms with Crippen LogP contribution >= 0.6 is 15.9 Å². The number of nitrogens with zero attached hydrogens (tertiary/aromatic N) is 1. The van der Waals surface area contributed by atoms with Crippen molar-refractivity contribution in [1.29, 1.82) is 5.26 Å². The second-order valence-electron chi connectivity index (χ2n) is 2.55. The minimum absolute atomic E-state index is 0.0267. The van der Waals surface area contributed by atoms with Crippen molar-refractivity contribution in [3.8, 4) is 6.07 Å². The van der Waals surface area contributed by atoms with Crippen LogP contribution < -0.4 is 0 Å². The van der Waals surface area contributed by atoms with Gasteiger partial charge in [0.15, 0.2) is 0 Å². The molecule has 0 saturated heterocycles. The average Bonchev–Trinajstić information content (AvgIpc) is 2.10. The molecule has 2 nitrogen and oxygen atoms in total. The summed E-state index contributed by atoms with van der Waals surface area (Å²) in [7, 11) is 0. The first-order valence-corrected chi connectivity index (χ1v) is 4.44. The zero-order valence-electron chi connectivity index (χ0n) is 6.67. The van der Waals surface area contributed by atoms with Gasteiger partial charge in [-0.2, -0.15) is 5.26 Å². The summed E-state index contributed by atoms with van der Waals surface area (Å²) in [6, 6.07) is 6.11. The van der Waals surface area contributed by atoms with Crippen LogP contribution in [0.1, 0.15) is 18.1 Å². The number of halogens is 2. The number of hydrogen-bond acceptors (Lipinski definition) is 2. The summed E-state index contributed by atoms with van der Waals surface area (Å²) in [5, 5.41) is 17.6. The van der Waals surface area contributed by atoms with E-state index in [1.54, 1.807) is 6.07 Å². The zero-order chi connectivity index (χ0) is 9.84. The van der Waals surface area contributed by atoms with Crippen molar-refractivity contribution in [3.05, 3.63) is 34.1 Å². The van der Waals surface area contributed by atoms with Crippen LogP contribution in [0.15, 0.2) is 22.7 Å². The largest absolute Gasteiger partial charge is 0.387 e. The Balaban J connectivity index is 2.91. The van der Waals surface area contributed by atoms with Gasteiger partial charge in [0.2, 0.25) is 0 Å². The summed E-state index contributed by atoms with van der Waals surface area (Å²) in [6.45, 7) is 0. The molecule has 1 aromatic rings. The highest BCUT2D eigenvalue weighted by atomic mass is 79.9. The van der Waals surface area contributed by atoms with E-state index >= 15 is 0 Å². The SMILES string of the molecule is N#CCC(O)c1ccc(Br)c(F)c1. The molecule has 1 atom stereocenters. The highest BCUT2D eigenvalue weighted by molar-refractivity contribution is 9.10. The van der Waals surface area contributed by atoms with Crippen molar-refractivity contribution < 1.29 is 9.50 Å². The van der Waals surface area contributed by atoms with Crippen LogP contribution in [0.4, 0.5) is 4.39 Å². The highest BCUT2D eigenvalue weighted by Crippen LogP contribution is 2.21. The van der Waals surface area contributed by atoms with E-state index in [4.69, 9.17) is 5.26 Å². The van der Waals surface area contributed by atoms with Crippen LogP contribution in [0.2, 0.25) is 0 Å². The summed E-state index contributed by atoms with van der Waals surface area (Å²) >= 11 is 3.00. The summed E-state index contributed by atoms with van der Waals surface area (Å²) in [5.41, 5.74) is 0.419. The average molecular weight is 244 g/mol. The fourth-order valence-corrected chi connectivity index (χ4v) is 1.17. The number of aliphatic hydroxyl groups excluding tert-OH is 1. The molecule has 13 heavy (non-hydrogen) atoms. The first kappa shape index (κ1) is 10.2. The second kappa shape index (κ2) is 4.35. The summed E-state index contributed by atoms with van der Waals surface area (Å²) in [6.07, 6.45) is -0.936. The Morgan fingerprint density at radius 3 is 2.85 bits per heavy atom. The van der Waals surface area contributed by atoms with Crippen molar-refractivity contribution in [2.45, 2.75) is 12.5 Å². The van der Waals surface area contributed by atoms with E-state index in [1.165, 1.54) is 12.1 Å². The number of rotatable bonds is 2. The predicted octanol–water partition coefficient (Wildman–Crippen LogP) is 2.54. The van der Waals surface area contributed by atoms with E-state index in [2.05, 4.69) is 15.9 Å². The molecule has 1 unspecified atom stereocenters. The Kier molecular flexibility index (Phi) is 3.40. The maximum absolute atomic E-state index is 12.9. The van der Waals surface area contributed by atoms with E-state index in [0.717, 1.165) is 0 Å². The molecule has 0 aliphatic rings. The van der Waals surface area contributed by atoms with Gasteiger partial charge in [0.1, 0.15) is 5.82 Å². The van der Waals surface area contributed by atoms with Gasteiger partial charge in [-0.05, 0) is 33.6 Å². The Bertz CT molecular complexity index is 348. The molecule has 0 heterocycles. The number of aliphatic hydroxyl groups is 1. The monoisotopic (exact) mass is 243 g/mol. The van der Waals surface area contributed by atoms with Crippen molar-refractivity contribution in [2.24, 2.45) is 0 Å². The van der Waals surface area contributed by atoms with Crippen molar-refractivity contribution >= 4 is 15.9 Å². The van der Waals surface area contributed by atoms with E-state index in [-0.39, 0.29) is 6.42 Å². The lowest BCUT2D eigenvalue weighted by molar-refractivity contribution is 0.183. The van der Waals surface area contributed by atoms with Gasteiger partial charge in [-0.1, -0.05) is 6.07 Å². The first-order chi connectivity index (χ1) is 6.15. The second-order valence-corrected chi connectivity index (χ2v) is 3.41. The van der Waals surface area contributed by atoms with Crippen molar-refractivity contribution in [1.82, 2.24) is 0 Å². The molecule has 0 spiro atoms. The molecular formula is C9H7BrFNO. The standard InChI is InChI=1S/C9H7BrFNO/c10-7-2-1-6(5-8(7)11)9(13)3-4-12/h1-2,5,9,13H,3H2. The Hall–Kier alpha value is -0.920. The molecule has 0 radical (unpaired) electrons. The number of hydrogen-bond donors (Lipinski definition) is 1.